The number of carbonyl (C=O) groups is 1. The summed E-state index contributed by atoms with van der Waals surface area (Å²) in [5.41, 5.74) is 0.0627. The summed E-state index contributed by atoms with van der Waals surface area (Å²) in [6.07, 6.45) is 5.04. The van der Waals surface area contributed by atoms with Gasteiger partial charge in [-0.05, 0) is 19.3 Å². The molecule has 0 radical (unpaired) electrons. The molecule has 0 aromatic carbocycles. The first-order valence-electron chi connectivity index (χ1n) is 6.96. The van der Waals surface area contributed by atoms with Gasteiger partial charge in [0.05, 0.1) is 18.2 Å². The van der Waals surface area contributed by atoms with Gasteiger partial charge >= 0.3 is 5.97 Å². The second-order valence-electron chi connectivity index (χ2n) is 6.37. The van der Waals surface area contributed by atoms with Crippen molar-refractivity contribution < 1.29 is 14.4 Å². The standard InChI is InChI=1S/C15H23NO3/c1-5-6-10-18-13(17)15-9-7-8-11(15)12(16-19-15)14(2,3)4/h5,11H,1,6-10H2,2-4H3. The van der Waals surface area contributed by atoms with Crippen molar-refractivity contribution >= 4 is 11.7 Å². The highest BCUT2D eigenvalue weighted by Crippen LogP contribution is 2.48. The minimum absolute atomic E-state index is 0.0713. The molecule has 2 rings (SSSR count). The van der Waals surface area contributed by atoms with Gasteiger partial charge in [-0.15, -0.1) is 6.58 Å². The Balaban J connectivity index is 2.12. The van der Waals surface area contributed by atoms with Crippen molar-refractivity contribution in [3.8, 4) is 0 Å². The van der Waals surface area contributed by atoms with Gasteiger partial charge in [0.15, 0.2) is 0 Å². The molecule has 4 heteroatoms. The normalized spacial score (nSPS) is 29.4. The molecule has 1 aliphatic heterocycles. The van der Waals surface area contributed by atoms with Crippen LogP contribution in [0.25, 0.3) is 0 Å². The Bertz CT molecular complexity index is 408. The molecule has 19 heavy (non-hydrogen) atoms. The number of esters is 1. The Kier molecular flexibility index (Phi) is 3.70. The summed E-state index contributed by atoms with van der Waals surface area (Å²) in [6, 6.07) is 0. The van der Waals surface area contributed by atoms with Gasteiger partial charge in [-0.1, -0.05) is 32.0 Å². The number of rotatable bonds is 4. The van der Waals surface area contributed by atoms with Crippen LogP contribution in [-0.2, 0) is 14.4 Å². The van der Waals surface area contributed by atoms with Crippen LogP contribution in [0, 0.1) is 11.3 Å². The largest absolute Gasteiger partial charge is 0.462 e. The molecular formula is C15H23NO3. The minimum atomic E-state index is -0.857. The third kappa shape index (κ3) is 2.40. The molecule has 0 spiro atoms. The van der Waals surface area contributed by atoms with Crippen LogP contribution in [0.4, 0.5) is 0 Å². The molecule has 0 amide bonds. The maximum Gasteiger partial charge on any atom is 0.354 e. The van der Waals surface area contributed by atoms with E-state index in [9.17, 15) is 4.79 Å². The van der Waals surface area contributed by atoms with Crippen LogP contribution in [0.3, 0.4) is 0 Å². The summed E-state index contributed by atoms with van der Waals surface area (Å²) in [6.45, 7) is 10.3. The fourth-order valence-corrected chi connectivity index (χ4v) is 2.94. The molecule has 1 fully saturated rings. The van der Waals surface area contributed by atoms with Gasteiger partial charge in [-0.2, -0.15) is 0 Å². The Hall–Kier alpha value is -1.32. The Morgan fingerprint density at radius 1 is 1.63 bits per heavy atom. The molecule has 1 heterocycles. The van der Waals surface area contributed by atoms with E-state index in [-0.39, 0.29) is 17.3 Å². The lowest BCUT2D eigenvalue weighted by atomic mass is 9.76. The number of nitrogens with zero attached hydrogens (tertiary/aromatic N) is 1. The van der Waals surface area contributed by atoms with Crippen molar-refractivity contribution in [2.24, 2.45) is 16.5 Å². The average molecular weight is 265 g/mol. The van der Waals surface area contributed by atoms with Crippen LogP contribution < -0.4 is 0 Å². The second kappa shape index (κ2) is 4.99. The van der Waals surface area contributed by atoms with Gasteiger partial charge < -0.3 is 9.57 Å². The molecule has 0 saturated heterocycles. The van der Waals surface area contributed by atoms with E-state index in [0.717, 1.165) is 18.6 Å². The average Bonchev–Trinajstić information content (AvgIpc) is 2.85. The predicted molar refractivity (Wildman–Crippen MR) is 73.8 cm³/mol. The molecule has 0 N–H and O–H groups in total. The number of fused-ring (bicyclic) bond motifs is 1. The fraction of sp³-hybridized carbons (Fsp3) is 0.733. The van der Waals surface area contributed by atoms with Crippen molar-refractivity contribution in [2.75, 3.05) is 6.61 Å². The van der Waals surface area contributed by atoms with Crippen molar-refractivity contribution in [2.45, 2.75) is 52.1 Å². The quantitative estimate of drug-likeness (QED) is 0.446. The summed E-state index contributed by atoms with van der Waals surface area (Å²) in [7, 11) is 0. The maximum atomic E-state index is 12.3. The van der Waals surface area contributed by atoms with Crippen molar-refractivity contribution in [1.82, 2.24) is 0 Å². The predicted octanol–water partition coefficient (Wildman–Crippen LogP) is 3.08. The first kappa shape index (κ1) is 14.1. The van der Waals surface area contributed by atoms with Gasteiger partial charge in [-0.25, -0.2) is 4.79 Å². The third-order valence-corrected chi connectivity index (χ3v) is 3.91. The monoisotopic (exact) mass is 265 g/mol. The molecule has 2 unspecified atom stereocenters. The Labute approximate surface area is 114 Å². The molecular weight excluding hydrogens is 242 g/mol. The SMILES string of the molecule is C=CCCOC(=O)C12CCCC1C(C(C)(C)C)=NO2. The summed E-state index contributed by atoms with van der Waals surface area (Å²) < 4.78 is 5.32. The summed E-state index contributed by atoms with van der Waals surface area (Å²) >= 11 is 0. The van der Waals surface area contributed by atoms with Gasteiger partial charge in [0.25, 0.3) is 0 Å². The lowest BCUT2D eigenvalue weighted by molar-refractivity contribution is -0.171. The number of oxime groups is 1. The maximum absolute atomic E-state index is 12.3. The highest BCUT2D eigenvalue weighted by atomic mass is 16.7. The van der Waals surface area contributed by atoms with Gasteiger partial charge in [0.1, 0.15) is 0 Å². The molecule has 0 aromatic heterocycles. The molecule has 1 aliphatic carbocycles. The zero-order chi connectivity index (χ0) is 14.1. The number of hydrogen-bond donors (Lipinski definition) is 0. The molecule has 0 aromatic rings. The lowest BCUT2D eigenvalue weighted by Gasteiger charge is -2.27. The van der Waals surface area contributed by atoms with Crippen LogP contribution in [0.5, 0.6) is 0 Å². The molecule has 2 aliphatic rings. The first-order valence-corrected chi connectivity index (χ1v) is 6.96. The molecule has 1 saturated carbocycles. The van der Waals surface area contributed by atoms with E-state index in [0.29, 0.717) is 19.4 Å². The van der Waals surface area contributed by atoms with E-state index < -0.39 is 5.60 Å². The first-order chi connectivity index (χ1) is 8.92. The summed E-state index contributed by atoms with van der Waals surface area (Å²) in [4.78, 5) is 17.9. The Morgan fingerprint density at radius 3 is 3.00 bits per heavy atom. The van der Waals surface area contributed by atoms with Gasteiger partial charge in [0, 0.05) is 11.8 Å². The number of carbonyl (C=O) groups excluding carboxylic acids is 1. The van der Waals surface area contributed by atoms with E-state index in [1.807, 2.05) is 0 Å². The zero-order valence-corrected chi connectivity index (χ0v) is 12.1. The second-order valence-corrected chi connectivity index (χ2v) is 6.37. The molecule has 0 bridgehead atoms. The van der Waals surface area contributed by atoms with E-state index in [2.05, 4.69) is 32.5 Å². The van der Waals surface area contributed by atoms with Gasteiger partial charge in [-0.3, -0.25) is 0 Å². The molecule has 106 valence electrons. The molecule has 2 atom stereocenters. The summed E-state index contributed by atoms with van der Waals surface area (Å²) in [5, 5.41) is 4.21. The van der Waals surface area contributed by atoms with Crippen LogP contribution >= 0.6 is 0 Å². The smallest absolute Gasteiger partial charge is 0.354 e. The van der Waals surface area contributed by atoms with Crippen molar-refractivity contribution in [3.63, 3.8) is 0 Å². The Morgan fingerprint density at radius 2 is 2.37 bits per heavy atom. The third-order valence-electron chi connectivity index (χ3n) is 3.91. The topological polar surface area (TPSA) is 47.9 Å². The van der Waals surface area contributed by atoms with Gasteiger partial charge in [0.2, 0.25) is 5.60 Å². The van der Waals surface area contributed by atoms with Crippen LogP contribution in [-0.4, -0.2) is 23.9 Å². The zero-order valence-electron chi connectivity index (χ0n) is 12.1. The number of ether oxygens (including phenoxy) is 1. The summed E-state index contributed by atoms with van der Waals surface area (Å²) in [5.74, 6) is -0.191. The van der Waals surface area contributed by atoms with E-state index in [1.54, 1.807) is 6.08 Å². The van der Waals surface area contributed by atoms with Crippen LogP contribution in [0.1, 0.15) is 46.5 Å². The van der Waals surface area contributed by atoms with E-state index >= 15 is 0 Å². The van der Waals surface area contributed by atoms with E-state index in [1.165, 1.54) is 0 Å². The van der Waals surface area contributed by atoms with Crippen LogP contribution in [0.15, 0.2) is 17.8 Å². The molecule has 4 nitrogen and oxygen atoms in total. The highest BCUT2D eigenvalue weighted by molar-refractivity contribution is 5.99. The fourth-order valence-electron chi connectivity index (χ4n) is 2.94. The van der Waals surface area contributed by atoms with E-state index in [4.69, 9.17) is 9.57 Å². The van der Waals surface area contributed by atoms with Crippen molar-refractivity contribution in [1.29, 1.82) is 0 Å². The highest BCUT2D eigenvalue weighted by Gasteiger charge is 2.60. The van der Waals surface area contributed by atoms with Crippen LogP contribution in [0.2, 0.25) is 0 Å². The lowest BCUT2D eigenvalue weighted by Crippen LogP contribution is -2.46. The minimum Gasteiger partial charge on any atom is -0.462 e. The van der Waals surface area contributed by atoms with Crippen molar-refractivity contribution in [3.05, 3.63) is 12.7 Å². The number of hydrogen-bond acceptors (Lipinski definition) is 4.